The van der Waals surface area contributed by atoms with Crippen LogP contribution >= 0.6 is 23.2 Å². The van der Waals surface area contributed by atoms with Crippen molar-refractivity contribution in [3.8, 4) is 0 Å². The largest absolute Gasteiger partial charge is 0.353 e. The van der Waals surface area contributed by atoms with Crippen LogP contribution in [-0.4, -0.2) is 17.9 Å². The van der Waals surface area contributed by atoms with Crippen molar-refractivity contribution in [1.29, 1.82) is 0 Å². The molecule has 5 heteroatoms. The van der Waals surface area contributed by atoms with Crippen LogP contribution in [0.3, 0.4) is 0 Å². The molecule has 1 aliphatic heterocycles. The molecule has 0 saturated carbocycles. The Bertz CT molecular complexity index is 334. The third-order valence-corrected chi connectivity index (χ3v) is 2.78. The monoisotopic (exact) mass is 261 g/mol. The summed E-state index contributed by atoms with van der Waals surface area (Å²) in [5.41, 5.74) is 0.728. The van der Waals surface area contributed by atoms with Crippen molar-refractivity contribution in [3.63, 3.8) is 0 Å². The Morgan fingerprint density at radius 1 is 1.38 bits per heavy atom. The second-order valence-corrected chi connectivity index (χ2v) is 4.53. The second kappa shape index (κ2) is 5.82. The number of hydrogen-bond donors (Lipinski definition) is 0. The molecule has 2 rings (SSSR count). The lowest BCUT2D eigenvalue weighted by Crippen LogP contribution is -2.22. The summed E-state index contributed by atoms with van der Waals surface area (Å²) in [4.78, 5) is 4.12. The molecular formula is C11H13Cl2NO2. The lowest BCUT2D eigenvalue weighted by atomic mass is 10.2. The molecule has 88 valence electrons. The van der Waals surface area contributed by atoms with Gasteiger partial charge in [0.1, 0.15) is 5.15 Å². The van der Waals surface area contributed by atoms with Gasteiger partial charge in [-0.1, -0.05) is 23.2 Å². The molecule has 1 aliphatic rings. The second-order valence-electron chi connectivity index (χ2n) is 3.71. The molecule has 0 spiro atoms. The Morgan fingerprint density at radius 3 is 2.94 bits per heavy atom. The molecular weight excluding hydrogens is 249 g/mol. The van der Waals surface area contributed by atoms with Gasteiger partial charge in [-0.05, 0) is 31.4 Å². The molecule has 1 unspecified atom stereocenters. The Balaban J connectivity index is 1.88. The molecule has 1 atom stereocenters. The van der Waals surface area contributed by atoms with Crippen LogP contribution in [-0.2, 0) is 16.1 Å². The molecule has 0 amide bonds. The summed E-state index contributed by atoms with van der Waals surface area (Å²) >= 11 is 11.6. The van der Waals surface area contributed by atoms with Crippen LogP contribution in [0.4, 0.5) is 0 Å². The maximum atomic E-state index is 5.86. The predicted molar refractivity (Wildman–Crippen MR) is 62.6 cm³/mol. The highest BCUT2D eigenvalue weighted by Crippen LogP contribution is 2.18. The zero-order valence-corrected chi connectivity index (χ0v) is 10.3. The SMILES string of the molecule is Clc1cc(Cl)nc(COC2CCCCO2)c1. The van der Waals surface area contributed by atoms with E-state index in [1.54, 1.807) is 12.1 Å². The van der Waals surface area contributed by atoms with E-state index in [1.807, 2.05) is 0 Å². The summed E-state index contributed by atoms with van der Waals surface area (Å²) in [6.45, 7) is 1.15. The first-order chi connectivity index (χ1) is 7.74. The Morgan fingerprint density at radius 2 is 2.25 bits per heavy atom. The molecule has 16 heavy (non-hydrogen) atoms. The molecule has 1 saturated heterocycles. The third kappa shape index (κ3) is 3.59. The van der Waals surface area contributed by atoms with E-state index in [9.17, 15) is 0 Å². The van der Waals surface area contributed by atoms with E-state index in [0.717, 1.165) is 31.6 Å². The van der Waals surface area contributed by atoms with Gasteiger partial charge in [0.2, 0.25) is 0 Å². The van der Waals surface area contributed by atoms with Gasteiger partial charge >= 0.3 is 0 Å². The zero-order valence-electron chi connectivity index (χ0n) is 8.79. The van der Waals surface area contributed by atoms with Crippen LogP contribution in [0.15, 0.2) is 12.1 Å². The number of nitrogens with zero attached hydrogens (tertiary/aromatic N) is 1. The summed E-state index contributed by atoms with van der Waals surface area (Å²) < 4.78 is 11.0. The highest BCUT2D eigenvalue weighted by atomic mass is 35.5. The van der Waals surface area contributed by atoms with E-state index in [1.165, 1.54) is 0 Å². The topological polar surface area (TPSA) is 31.4 Å². The van der Waals surface area contributed by atoms with E-state index in [-0.39, 0.29) is 6.29 Å². The average molecular weight is 262 g/mol. The summed E-state index contributed by atoms with van der Waals surface area (Å²) in [6.07, 6.45) is 3.08. The first-order valence-electron chi connectivity index (χ1n) is 5.29. The smallest absolute Gasteiger partial charge is 0.158 e. The lowest BCUT2D eigenvalue weighted by Gasteiger charge is -2.22. The van der Waals surface area contributed by atoms with Crippen LogP contribution in [0.1, 0.15) is 25.0 Å². The summed E-state index contributed by atoms with van der Waals surface area (Å²) in [5, 5.41) is 0.957. The molecule has 0 bridgehead atoms. The van der Waals surface area contributed by atoms with E-state index in [4.69, 9.17) is 32.7 Å². The first kappa shape index (κ1) is 12.1. The molecule has 0 aromatic carbocycles. The number of halogens is 2. The molecule has 0 aliphatic carbocycles. The maximum absolute atomic E-state index is 5.86. The molecule has 0 N–H and O–H groups in total. The first-order valence-corrected chi connectivity index (χ1v) is 6.05. The van der Waals surface area contributed by atoms with Crippen molar-refractivity contribution >= 4 is 23.2 Å². The Kier molecular flexibility index (Phi) is 4.41. The van der Waals surface area contributed by atoms with Crippen molar-refractivity contribution in [2.45, 2.75) is 32.2 Å². The van der Waals surface area contributed by atoms with Crippen molar-refractivity contribution in [2.75, 3.05) is 6.61 Å². The summed E-state index contributed by atoms with van der Waals surface area (Å²) in [6, 6.07) is 3.35. The van der Waals surface area contributed by atoms with Gasteiger partial charge < -0.3 is 9.47 Å². The number of ether oxygens (including phenoxy) is 2. The van der Waals surface area contributed by atoms with Crippen LogP contribution in [0.2, 0.25) is 10.2 Å². The predicted octanol–water partition coefficient (Wildman–Crippen LogP) is 3.43. The number of rotatable bonds is 3. The number of aromatic nitrogens is 1. The van der Waals surface area contributed by atoms with Crippen LogP contribution in [0.5, 0.6) is 0 Å². The van der Waals surface area contributed by atoms with Crippen molar-refractivity contribution in [1.82, 2.24) is 4.98 Å². The molecule has 1 aromatic heterocycles. The van der Waals surface area contributed by atoms with Gasteiger partial charge in [-0.25, -0.2) is 4.98 Å². The van der Waals surface area contributed by atoms with Crippen molar-refractivity contribution in [3.05, 3.63) is 28.0 Å². The fourth-order valence-electron chi connectivity index (χ4n) is 1.61. The fourth-order valence-corrected chi connectivity index (χ4v) is 2.12. The van der Waals surface area contributed by atoms with Crippen LogP contribution < -0.4 is 0 Å². The van der Waals surface area contributed by atoms with Crippen molar-refractivity contribution < 1.29 is 9.47 Å². The fraction of sp³-hybridized carbons (Fsp3) is 0.545. The molecule has 3 nitrogen and oxygen atoms in total. The zero-order chi connectivity index (χ0) is 11.4. The normalized spacial score (nSPS) is 21.0. The van der Waals surface area contributed by atoms with Gasteiger partial charge in [0.05, 0.1) is 12.3 Å². The van der Waals surface area contributed by atoms with E-state index < -0.39 is 0 Å². The van der Waals surface area contributed by atoms with E-state index in [0.29, 0.717) is 16.8 Å². The Hall–Kier alpha value is -0.350. The van der Waals surface area contributed by atoms with Gasteiger partial charge in [-0.2, -0.15) is 0 Å². The van der Waals surface area contributed by atoms with E-state index in [2.05, 4.69) is 4.98 Å². The van der Waals surface area contributed by atoms with Gasteiger partial charge in [0.15, 0.2) is 6.29 Å². The minimum atomic E-state index is -0.117. The van der Waals surface area contributed by atoms with E-state index >= 15 is 0 Å². The molecule has 2 heterocycles. The third-order valence-electron chi connectivity index (χ3n) is 2.37. The van der Waals surface area contributed by atoms with Gasteiger partial charge in [-0.3, -0.25) is 0 Å². The minimum Gasteiger partial charge on any atom is -0.353 e. The van der Waals surface area contributed by atoms with Crippen molar-refractivity contribution in [2.24, 2.45) is 0 Å². The van der Waals surface area contributed by atoms with Gasteiger partial charge in [0.25, 0.3) is 0 Å². The van der Waals surface area contributed by atoms with Gasteiger partial charge in [-0.15, -0.1) is 0 Å². The number of hydrogen-bond acceptors (Lipinski definition) is 3. The van der Waals surface area contributed by atoms with Gasteiger partial charge in [0, 0.05) is 11.6 Å². The average Bonchev–Trinajstić information content (AvgIpc) is 2.27. The Labute approximate surface area is 105 Å². The highest BCUT2D eigenvalue weighted by molar-refractivity contribution is 6.33. The summed E-state index contributed by atoms with van der Waals surface area (Å²) in [5.74, 6) is 0. The summed E-state index contributed by atoms with van der Waals surface area (Å²) in [7, 11) is 0. The lowest BCUT2D eigenvalue weighted by molar-refractivity contribution is -0.169. The molecule has 1 aromatic rings. The van der Waals surface area contributed by atoms with Crippen LogP contribution in [0, 0.1) is 0 Å². The van der Waals surface area contributed by atoms with Crippen LogP contribution in [0.25, 0.3) is 0 Å². The quantitative estimate of drug-likeness (QED) is 0.782. The number of pyridine rings is 1. The maximum Gasteiger partial charge on any atom is 0.158 e. The molecule has 1 fully saturated rings. The highest BCUT2D eigenvalue weighted by Gasteiger charge is 2.14. The minimum absolute atomic E-state index is 0.117. The molecule has 0 radical (unpaired) electrons. The standard InChI is InChI=1S/C11H13Cl2NO2/c12-8-5-9(14-10(13)6-8)7-16-11-3-1-2-4-15-11/h5-6,11H,1-4,7H2.